The van der Waals surface area contributed by atoms with Gasteiger partial charge in [0.1, 0.15) is 0 Å². The summed E-state index contributed by atoms with van der Waals surface area (Å²) >= 11 is 1.52. The van der Waals surface area contributed by atoms with Gasteiger partial charge in [-0.2, -0.15) is 0 Å². The number of benzene rings is 2. The summed E-state index contributed by atoms with van der Waals surface area (Å²) in [6.07, 6.45) is 5.92. The van der Waals surface area contributed by atoms with Crippen molar-refractivity contribution in [3.8, 4) is 0 Å². The van der Waals surface area contributed by atoms with E-state index in [2.05, 4.69) is 28.5 Å². The lowest BCUT2D eigenvalue weighted by Gasteiger charge is -2.32. The van der Waals surface area contributed by atoms with Crippen LogP contribution in [-0.2, 0) is 6.42 Å². The third-order valence-corrected chi connectivity index (χ3v) is 6.51. The second kappa shape index (κ2) is 6.40. The molecule has 0 bridgehead atoms. The Hall–Kier alpha value is -2.40. The Kier molecular flexibility index (Phi) is 3.89. The molecule has 2 aliphatic rings. The summed E-state index contributed by atoms with van der Waals surface area (Å²) in [7, 11) is 0. The number of aromatic nitrogens is 1. The van der Waals surface area contributed by atoms with E-state index in [0.717, 1.165) is 35.3 Å². The third-order valence-electron chi connectivity index (χ3n) is 5.56. The first-order chi connectivity index (χ1) is 12.8. The van der Waals surface area contributed by atoms with Crippen LogP contribution in [0.15, 0.2) is 42.5 Å². The van der Waals surface area contributed by atoms with E-state index >= 15 is 0 Å². The van der Waals surface area contributed by atoms with Crippen molar-refractivity contribution in [2.45, 2.75) is 38.0 Å². The van der Waals surface area contributed by atoms with Crippen molar-refractivity contribution in [2.75, 3.05) is 16.8 Å². The third kappa shape index (κ3) is 2.76. The molecule has 1 aromatic heterocycles. The van der Waals surface area contributed by atoms with Crippen LogP contribution in [0.3, 0.4) is 0 Å². The maximum absolute atomic E-state index is 13.0. The molecule has 132 valence electrons. The molecule has 3 aromatic rings. The van der Waals surface area contributed by atoms with Crippen LogP contribution >= 0.6 is 11.3 Å². The Balaban J connectivity index is 1.42. The minimum atomic E-state index is -0.0734. The lowest BCUT2D eigenvalue weighted by atomic mass is 9.79. The lowest BCUT2D eigenvalue weighted by molar-refractivity contribution is 0.256. The van der Waals surface area contributed by atoms with Crippen LogP contribution in [0, 0.1) is 0 Å². The molecule has 2 amide bonds. The summed E-state index contributed by atoms with van der Waals surface area (Å²) in [5, 5.41) is 3.68. The zero-order valence-electron chi connectivity index (χ0n) is 14.6. The van der Waals surface area contributed by atoms with Crippen LogP contribution < -0.4 is 10.2 Å². The van der Waals surface area contributed by atoms with E-state index in [1.54, 1.807) is 0 Å². The van der Waals surface area contributed by atoms with E-state index in [-0.39, 0.29) is 6.03 Å². The van der Waals surface area contributed by atoms with Gasteiger partial charge in [0.05, 0.1) is 10.2 Å². The monoisotopic (exact) mass is 363 g/mol. The predicted molar refractivity (Wildman–Crippen MR) is 107 cm³/mol. The number of thiazole rings is 1. The van der Waals surface area contributed by atoms with E-state index < -0.39 is 0 Å². The number of carbonyl (C=O) groups is 1. The molecule has 0 atom stereocenters. The molecule has 2 heterocycles. The fourth-order valence-corrected chi connectivity index (χ4v) is 4.74. The molecular formula is C21H21N3OS. The number of fused-ring (bicyclic) bond motifs is 2. The molecular weight excluding hydrogens is 342 g/mol. The first-order valence-corrected chi connectivity index (χ1v) is 10.2. The van der Waals surface area contributed by atoms with Gasteiger partial charge in [0.25, 0.3) is 0 Å². The Morgan fingerprint density at radius 2 is 2.04 bits per heavy atom. The van der Waals surface area contributed by atoms with Gasteiger partial charge in [-0.15, -0.1) is 0 Å². The normalized spacial score (nSPS) is 17.0. The Labute approximate surface area is 156 Å². The summed E-state index contributed by atoms with van der Waals surface area (Å²) < 4.78 is 1.09. The number of carbonyl (C=O) groups excluding carboxylic acids is 1. The molecule has 0 saturated heterocycles. The van der Waals surface area contributed by atoms with Crippen LogP contribution in [0.25, 0.3) is 10.2 Å². The fraction of sp³-hybridized carbons (Fsp3) is 0.333. The Morgan fingerprint density at radius 1 is 1.15 bits per heavy atom. The molecule has 1 N–H and O–H groups in total. The van der Waals surface area contributed by atoms with Gasteiger partial charge in [-0.25, -0.2) is 9.78 Å². The molecule has 26 heavy (non-hydrogen) atoms. The summed E-state index contributed by atoms with van der Waals surface area (Å²) in [4.78, 5) is 19.4. The van der Waals surface area contributed by atoms with Crippen molar-refractivity contribution in [2.24, 2.45) is 0 Å². The maximum atomic E-state index is 13.0. The number of nitrogens with zero attached hydrogens (tertiary/aromatic N) is 2. The van der Waals surface area contributed by atoms with Crippen molar-refractivity contribution in [3.63, 3.8) is 0 Å². The predicted octanol–water partition coefficient (Wildman–Crippen LogP) is 5.55. The number of urea groups is 1. The summed E-state index contributed by atoms with van der Waals surface area (Å²) in [5.41, 5.74) is 4.67. The average molecular weight is 363 g/mol. The van der Waals surface area contributed by atoms with Crippen molar-refractivity contribution in [3.05, 3.63) is 53.6 Å². The second-order valence-electron chi connectivity index (χ2n) is 7.19. The molecule has 1 aliphatic carbocycles. The van der Waals surface area contributed by atoms with E-state index in [4.69, 9.17) is 0 Å². The first-order valence-electron chi connectivity index (χ1n) is 9.35. The minimum Gasteiger partial charge on any atom is -0.294 e. The summed E-state index contributed by atoms with van der Waals surface area (Å²) in [6, 6.07) is 14.6. The van der Waals surface area contributed by atoms with Crippen LogP contribution in [0.1, 0.15) is 42.7 Å². The van der Waals surface area contributed by atoms with Gasteiger partial charge >= 0.3 is 6.03 Å². The van der Waals surface area contributed by atoms with E-state index in [1.807, 2.05) is 29.2 Å². The summed E-state index contributed by atoms with van der Waals surface area (Å²) in [5.74, 6) is 0.677. The molecule has 1 fully saturated rings. The Bertz CT molecular complexity index is 943. The quantitative estimate of drug-likeness (QED) is 0.649. The van der Waals surface area contributed by atoms with Gasteiger partial charge < -0.3 is 0 Å². The number of amides is 2. The van der Waals surface area contributed by atoms with Crippen LogP contribution in [-0.4, -0.2) is 17.6 Å². The molecule has 4 nitrogen and oxygen atoms in total. The molecule has 2 aromatic carbocycles. The number of aryl methyl sites for hydroxylation is 1. The van der Waals surface area contributed by atoms with Crippen LogP contribution in [0.5, 0.6) is 0 Å². The van der Waals surface area contributed by atoms with Crippen LogP contribution in [0.4, 0.5) is 15.6 Å². The molecule has 5 heteroatoms. The standard InChI is InChI=1S/C21H21N3OS/c25-21(23-20-22-17-8-1-2-9-19(17)26-20)24-12-4-7-15-10-11-16(13-18(15)24)14-5-3-6-14/h1-2,8-11,13-14H,3-7,12H2,(H,22,23,25). The molecule has 0 spiro atoms. The highest BCUT2D eigenvalue weighted by Gasteiger charge is 2.26. The fourth-order valence-electron chi connectivity index (χ4n) is 3.88. The Morgan fingerprint density at radius 3 is 2.85 bits per heavy atom. The lowest BCUT2D eigenvalue weighted by Crippen LogP contribution is -2.38. The van der Waals surface area contributed by atoms with E-state index in [0.29, 0.717) is 11.0 Å². The molecule has 0 unspecified atom stereocenters. The number of anilines is 2. The highest BCUT2D eigenvalue weighted by molar-refractivity contribution is 7.22. The first kappa shape index (κ1) is 15.8. The molecule has 0 radical (unpaired) electrons. The van der Waals surface area contributed by atoms with Gasteiger partial charge in [-0.1, -0.05) is 42.0 Å². The second-order valence-corrected chi connectivity index (χ2v) is 8.22. The SMILES string of the molecule is O=C(Nc1nc2ccccc2s1)N1CCCc2ccc(C3CCC3)cc21. The average Bonchev–Trinajstić information content (AvgIpc) is 3.02. The number of hydrogen-bond acceptors (Lipinski definition) is 3. The molecule has 5 rings (SSSR count). The zero-order valence-corrected chi connectivity index (χ0v) is 15.4. The molecule has 1 aliphatic heterocycles. The van der Waals surface area contributed by atoms with Gasteiger partial charge in [0, 0.05) is 12.2 Å². The van der Waals surface area contributed by atoms with Gasteiger partial charge in [-0.3, -0.25) is 10.2 Å². The molecule has 1 saturated carbocycles. The van der Waals surface area contributed by atoms with Crippen LogP contribution in [0.2, 0.25) is 0 Å². The maximum Gasteiger partial charge on any atom is 0.328 e. The van der Waals surface area contributed by atoms with Crippen molar-refractivity contribution in [1.82, 2.24) is 4.98 Å². The van der Waals surface area contributed by atoms with E-state index in [1.165, 1.54) is 41.7 Å². The minimum absolute atomic E-state index is 0.0734. The number of rotatable bonds is 2. The largest absolute Gasteiger partial charge is 0.328 e. The smallest absolute Gasteiger partial charge is 0.294 e. The topological polar surface area (TPSA) is 45.2 Å². The van der Waals surface area contributed by atoms with Crippen molar-refractivity contribution >= 4 is 38.4 Å². The number of hydrogen-bond donors (Lipinski definition) is 1. The number of para-hydroxylation sites is 1. The zero-order chi connectivity index (χ0) is 17.5. The van der Waals surface area contributed by atoms with Crippen molar-refractivity contribution < 1.29 is 4.79 Å². The van der Waals surface area contributed by atoms with Crippen molar-refractivity contribution in [1.29, 1.82) is 0 Å². The number of nitrogens with one attached hydrogen (secondary N) is 1. The highest BCUT2D eigenvalue weighted by atomic mass is 32.1. The van der Waals surface area contributed by atoms with Gasteiger partial charge in [-0.05, 0) is 60.9 Å². The highest BCUT2D eigenvalue weighted by Crippen LogP contribution is 2.39. The van der Waals surface area contributed by atoms with Gasteiger partial charge in [0.15, 0.2) is 5.13 Å². The van der Waals surface area contributed by atoms with E-state index in [9.17, 15) is 4.79 Å². The summed E-state index contributed by atoms with van der Waals surface area (Å²) in [6.45, 7) is 0.762. The van der Waals surface area contributed by atoms with Gasteiger partial charge in [0.2, 0.25) is 0 Å².